The minimum absolute atomic E-state index is 0.0545. The van der Waals surface area contributed by atoms with Gasteiger partial charge in [-0.25, -0.2) is 0 Å². The van der Waals surface area contributed by atoms with Gasteiger partial charge in [0.15, 0.2) is 0 Å². The fraction of sp³-hybridized carbons (Fsp3) is 0.160. The van der Waals surface area contributed by atoms with Gasteiger partial charge in [0.2, 0.25) is 0 Å². The summed E-state index contributed by atoms with van der Waals surface area (Å²) in [5.74, 6) is 0. The molecule has 250 valence electrons. The second-order valence-electron chi connectivity index (χ2n) is 16.5. The number of hydrogen-bond acceptors (Lipinski definition) is 1. The van der Waals surface area contributed by atoms with Crippen molar-refractivity contribution < 1.29 is 0 Å². The minimum atomic E-state index is -0.172. The van der Waals surface area contributed by atoms with Crippen molar-refractivity contribution in [2.24, 2.45) is 0 Å². The molecule has 8 aromatic rings. The summed E-state index contributed by atoms with van der Waals surface area (Å²) in [7, 11) is 0. The molecule has 0 radical (unpaired) electrons. The lowest BCUT2D eigenvalue weighted by atomic mass is 9.31. The van der Waals surface area contributed by atoms with Gasteiger partial charge in [-0.1, -0.05) is 173 Å². The monoisotopic (exact) mass is 684 g/mol. The summed E-state index contributed by atoms with van der Waals surface area (Å²) in [6.45, 7) is 14.4. The Bertz CT molecular complexity index is 2750. The number of hydrogen-bond donors (Lipinski definition) is 0. The molecule has 0 bridgehead atoms. The van der Waals surface area contributed by atoms with Crippen molar-refractivity contribution in [3.63, 3.8) is 0 Å². The Morgan fingerprint density at radius 1 is 0.558 bits per heavy atom. The van der Waals surface area contributed by atoms with Crippen molar-refractivity contribution in [1.29, 1.82) is 0 Å². The molecule has 0 amide bonds. The van der Waals surface area contributed by atoms with Gasteiger partial charge in [0.25, 0.3) is 6.71 Å². The molecule has 1 aromatic heterocycles. The molecular formula is C50H41BS. The van der Waals surface area contributed by atoms with E-state index in [1.807, 2.05) is 11.3 Å². The standard InChI is InChI=1S/C50H41BS/c1-30-22-23-33(31-14-8-7-9-15-31)26-40(30)34-27-41-37-19-13-21-39-45(37)48(52-47(39)38-20-12-17-32-16-10-11-18-36(32)38)51-44-29-35(49(2,3)4)24-25-42(44)50(5,6)43(28-34)46(41)51/h7-29H,1-6H3. The number of benzene rings is 7. The van der Waals surface area contributed by atoms with Crippen LogP contribution in [0.4, 0.5) is 0 Å². The number of rotatable bonds is 3. The van der Waals surface area contributed by atoms with Gasteiger partial charge in [-0.15, -0.1) is 11.3 Å². The normalized spacial score (nSPS) is 14.1. The van der Waals surface area contributed by atoms with Gasteiger partial charge in [0, 0.05) is 21.2 Å². The number of aryl methyl sites for hydroxylation is 1. The first-order valence-electron chi connectivity index (χ1n) is 18.6. The van der Waals surface area contributed by atoms with E-state index in [0.29, 0.717) is 0 Å². The summed E-state index contributed by atoms with van der Waals surface area (Å²) >= 11 is 2.02. The maximum absolute atomic E-state index is 2.56. The lowest BCUT2D eigenvalue weighted by Crippen LogP contribution is -2.62. The van der Waals surface area contributed by atoms with E-state index in [9.17, 15) is 0 Å². The van der Waals surface area contributed by atoms with Crippen LogP contribution in [0.15, 0.2) is 140 Å². The summed E-state index contributed by atoms with van der Waals surface area (Å²) in [6.07, 6.45) is 0. The Hall–Kier alpha value is -5.18. The van der Waals surface area contributed by atoms with Crippen LogP contribution in [-0.2, 0) is 10.8 Å². The third kappa shape index (κ3) is 4.53. The average Bonchev–Trinajstić information content (AvgIpc) is 3.54. The average molecular weight is 685 g/mol. The highest BCUT2D eigenvalue weighted by atomic mass is 32.1. The highest BCUT2D eigenvalue weighted by Gasteiger charge is 2.46. The molecule has 2 aliphatic heterocycles. The Morgan fingerprint density at radius 3 is 2.10 bits per heavy atom. The third-order valence-corrected chi connectivity index (χ3v) is 13.4. The molecule has 2 aliphatic rings. The van der Waals surface area contributed by atoms with Crippen LogP contribution in [0.2, 0.25) is 0 Å². The van der Waals surface area contributed by atoms with Gasteiger partial charge in [-0.3, -0.25) is 0 Å². The van der Waals surface area contributed by atoms with Crippen LogP contribution >= 0.6 is 11.3 Å². The Kier molecular flexibility index (Phi) is 6.77. The molecule has 10 rings (SSSR count). The minimum Gasteiger partial charge on any atom is -0.148 e. The molecule has 52 heavy (non-hydrogen) atoms. The Labute approximate surface area is 311 Å². The zero-order valence-electron chi connectivity index (χ0n) is 30.8. The summed E-state index contributed by atoms with van der Waals surface area (Å²) in [5, 5.41) is 5.40. The van der Waals surface area contributed by atoms with Crippen molar-refractivity contribution in [3.05, 3.63) is 162 Å². The molecule has 0 N–H and O–H groups in total. The van der Waals surface area contributed by atoms with Crippen molar-refractivity contribution in [3.8, 4) is 43.8 Å². The first-order valence-corrected chi connectivity index (χ1v) is 19.4. The molecule has 0 saturated heterocycles. The smallest absolute Gasteiger partial charge is 0.148 e. The van der Waals surface area contributed by atoms with E-state index in [1.54, 1.807) is 0 Å². The van der Waals surface area contributed by atoms with Gasteiger partial charge < -0.3 is 0 Å². The van der Waals surface area contributed by atoms with E-state index < -0.39 is 0 Å². The molecule has 7 aromatic carbocycles. The van der Waals surface area contributed by atoms with Crippen molar-refractivity contribution in [2.45, 2.75) is 52.4 Å². The second kappa shape index (κ2) is 11.2. The third-order valence-electron chi connectivity index (χ3n) is 12.1. The van der Waals surface area contributed by atoms with Gasteiger partial charge in [0.1, 0.15) is 0 Å². The highest BCUT2D eigenvalue weighted by Crippen LogP contribution is 2.47. The van der Waals surface area contributed by atoms with E-state index in [-0.39, 0.29) is 17.5 Å². The number of fused-ring (bicyclic) bond motifs is 5. The summed E-state index contributed by atoms with van der Waals surface area (Å²) in [5.41, 5.74) is 17.7. The molecule has 0 nitrogen and oxygen atoms in total. The van der Waals surface area contributed by atoms with Crippen LogP contribution in [0.25, 0.3) is 65.4 Å². The van der Waals surface area contributed by atoms with E-state index in [4.69, 9.17) is 0 Å². The Balaban J connectivity index is 1.30. The SMILES string of the molecule is Cc1ccc(-c2ccccc2)cc1-c1cc2c3c(c1)C(C)(C)c1ccc(C(C)(C)C)cc1B3c1sc(-c3cccc4ccccc34)c3cccc-2c13. The van der Waals surface area contributed by atoms with Crippen molar-refractivity contribution in [1.82, 2.24) is 0 Å². The maximum Gasteiger partial charge on any atom is 0.256 e. The van der Waals surface area contributed by atoms with Crippen molar-refractivity contribution >= 4 is 55.3 Å². The topological polar surface area (TPSA) is 0 Å². The summed E-state index contributed by atoms with van der Waals surface area (Å²) < 4.78 is 1.49. The summed E-state index contributed by atoms with van der Waals surface area (Å²) in [4.78, 5) is 1.38. The zero-order chi connectivity index (χ0) is 35.5. The molecule has 0 saturated carbocycles. The summed E-state index contributed by atoms with van der Waals surface area (Å²) in [6, 6.07) is 53.0. The fourth-order valence-electron chi connectivity index (χ4n) is 9.29. The van der Waals surface area contributed by atoms with Gasteiger partial charge in [0.05, 0.1) is 0 Å². The van der Waals surface area contributed by atoms with Gasteiger partial charge in [-0.2, -0.15) is 0 Å². The Morgan fingerprint density at radius 2 is 1.27 bits per heavy atom. The van der Waals surface area contributed by atoms with Crippen LogP contribution in [0.3, 0.4) is 0 Å². The maximum atomic E-state index is 2.56. The van der Waals surface area contributed by atoms with Crippen LogP contribution in [0.1, 0.15) is 56.9 Å². The lowest BCUT2D eigenvalue weighted by molar-refractivity contribution is 0.588. The van der Waals surface area contributed by atoms with Crippen LogP contribution < -0.4 is 15.7 Å². The van der Waals surface area contributed by atoms with Gasteiger partial charge >= 0.3 is 0 Å². The molecule has 0 aliphatic carbocycles. The zero-order valence-corrected chi connectivity index (χ0v) is 31.6. The van der Waals surface area contributed by atoms with Crippen LogP contribution in [0.5, 0.6) is 0 Å². The first-order chi connectivity index (χ1) is 25.1. The number of thiophene rings is 1. The second-order valence-corrected chi connectivity index (χ2v) is 17.6. The van der Waals surface area contributed by atoms with E-state index >= 15 is 0 Å². The molecule has 0 atom stereocenters. The molecule has 0 spiro atoms. The fourth-order valence-corrected chi connectivity index (χ4v) is 10.8. The van der Waals surface area contributed by atoms with Crippen LogP contribution in [-0.4, -0.2) is 6.71 Å². The molecule has 2 heteroatoms. The predicted octanol–water partition coefficient (Wildman–Crippen LogP) is 11.8. The van der Waals surface area contributed by atoms with Crippen molar-refractivity contribution in [2.75, 3.05) is 0 Å². The predicted molar refractivity (Wildman–Crippen MR) is 228 cm³/mol. The molecule has 0 unspecified atom stereocenters. The first kappa shape index (κ1) is 31.6. The molecule has 0 fully saturated rings. The van der Waals surface area contributed by atoms with Crippen LogP contribution in [0, 0.1) is 6.92 Å². The quantitative estimate of drug-likeness (QED) is 0.163. The van der Waals surface area contributed by atoms with E-state index in [2.05, 4.69) is 181 Å². The lowest BCUT2D eigenvalue weighted by Gasteiger charge is -2.42. The van der Waals surface area contributed by atoms with Gasteiger partial charge in [-0.05, 0) is 101 Å². The molecule has 3 heterocycles. The largest absolute Gasteiger partial charge is 0.256 e. The highest BCUT2D eigenvalue weighted by molar-refractivity contribution is 7.32. The van der Waals surface area contributed by atoms with E-state index in [1.165, 1.54) is 103 Å². The molecular weight excluding hydrogens is 643 g/mol. The van der Waals surface area contributed by atoms with E-state index in [0.717, 1.165) is 0 Å².